The van der Waals surface area contributed by atoms with Crippen molar-refractivity contribution in [2.24, 2.45) is 0 Å². The van der Waals surface area contributed by atoms with Crippen molar-refractivity contribution < 1.29 is 13.2 Å². The summed E-state index contributed by atoms with van der Waals surface area (Å²) in [6.45, 7) is 15.8. The van der Waals surface area contributed by atoms with Crippen molar-refractivity contribution in [3.8, 4) is 0 Å². The van der Waals surface area contributed by atoms with E-state index in [1.165, 1.54) is 0 Å². The number of hydrogen-bond donors (Lipinski definition) is 0. The number of hydrogen-bond acceptors (Lipinski definition) is 2. The summed E-state index contributed by atoms with van der Waals surface area (Å²) in [5, 5.41) is 0. The largest absolute Gasteiger partial charge is 0.543 e. The minimum Gasteiger partial charge on any atom is -0.543 e. The third-order valence-electron chi connectivity index (χ3n) is 2.32. The highest BCUT2D eigenvalue weighted by atomic mass is 28.4. The molecule has 0 aliphatic carbocycles. The number of benzene rings is 1. The van der Waals surface area contributed by atoms with Crippen LogP contribution in [-0.4, -0.2) is 16.6 Å². The van der Waals surface area contributed by atoms with Gasteiger partial charge in [-0.05, 0) is 39.3 Å². The zero-order valence-electron chi connectivity index (χ0n) is 13.8. The second kappa shape index (κ2) is 6.62. The molecule has 21 heavy (non-hydrogen) atoms. The van der Waals surface area contributed by atoms with Gasteiger partial charge in [0.2, 0.25) is 22.5 Å². The van der Waals surface area contributed by atoms with Crippen LogP contribution in [0.2, 0.25) is 39.3 Å². The summed E-state index contributed by atoms with van der Waals surface area (Å²) in [4.78, 5) is 0. The van der Waals surface area contributed by atoms with Gasteiger partial charge in [-0.25, -0.2) is 0 Å². The Kier molecular flexibility index (Phi) is 5.58. The average molecular weight is 325 g/mol. The van der Waals surface area contributed by atoms with E-state index in [4.69, 9.17) is 8.85 Å². The van der Waals surface area contributed by atoms with Crippen LogP contribution in [0.1, 0.15) is 5.56 Å². The van der Waals surface area contributed by atoms with Gasteiger partial charge in [-0.2, -0.15) is 4.39 Å². The second-order valence-corrected chi connectivity index (χ2v) is 15.7. The molecule has 0 saturated carbocycles. The fraction of sp³-hybridized carbons (Fsp3) is 0.375. The Bertz CT molecular complexity index is 525. The van der Waals surface area contributed by atoms with Crippen LogP contribution in [0, 0.1) is 0 Å². The van der Waals surface area contributed by atoms with E-state index in [2.05, 4.69) is 6.58 Å². The molecule has 0 aliphatic heterocycles. The SMILES string of the molecule is C=C(O[Si](C)(C)C)C(F)=C(O[Si](C)(C)C)c1ccccc1. The van der Waals surface area contributed by atoms with Crippen molar-refractivity contribution in [3.05, 3.63) is 54.1 Å². The summed E-state index contributed by atoms with van der Waals surface area (Å²) >= 11 is 0. The summed E-state index contributed by atoms with van der Waals surface area (Å²) in [7, 11) is -3.86. The minimum atomic E-state index is -1.95. The van der Waals surface area contributed by atoms with Gasteiger partial charge in [0.25, 0.3) is 0 Å². The van der Waals surface area contributed by atoms with Gasteiger partial charge in [0.05, 0.1) is 0 Å². The topological polar surface area (TPSA) is 18.5 Å². The molecule has 0 atom stereocenters. The van der Waals surface area contributed by atoms with E-state index in [1.54, 1.807) is 0 Å². The molecule has 0 aliphatic rings. The summed E-state index contributed by atoms with van der Waals surface area (Å²) in [6, 6.07) is 9.27. The molecule has 0 spiro atoms. The average Bonchev–Trinajstić information content (AvgIpc) is 2.33. The van der Waals surface area contributed by atoms with E-state index in [1.807, 2.05) is 69.6 Å². The van der Waals surface area contributed by atoms with Gasteiger partial charge >= 0.3 is 0 Å². The van der Waals surface area contributed by atoms with Crippen LogP contribution >= 0.6 is 0 Å². The molecule has 0 heterocycles. The standard InChI is InChI=1S/C16H25FO2Si2/c1-13(18-20(2,3)4)15(17)16(19-21(5,6)7)14-11-9-8-10-12-14/h8-12H,1H2,2-7H3. The number of allylic oxidation sites excluding steroid dienone is 1. The van der Waals surface area contributed by atoms with E-state index in [0.29, 0.717) is 5.56 Å². The Labute approximate surface area is 129 Å². The zero-order chi connectivity index (χ0) is 16.3. The van der Waals surface area contributed by atoms with Gasteiger partial charge in [0.15, 0.2) is 5.76 Å². The normalized spacial score (nSPS) is 13.5. The molecule has 2 nitrogen and oxygen atoms in total. The van der Waals surface area contributed by atoms with E-state index in [-0.39, 0.29) is 11.5 Å². The van der Waals surface area contributed by atoms with Crippen molar-refractivity contribution in [3.63, 3.8) is 0 Å². The number of halogens is 1. The first kappa shape index (κ1) is 17.7. The molecule has 0 radical (unpaired) electrons. The van der Waals surface area contributed by atoms with Gasteiger partial charge in [-0.3, -0.25) is 0 Å². The molecule has 0 bridgehead atoms. The van der Waals surface area contributed by atoms with Gasteiger partial charge < -0.3 is 8.85 Å². The van der Waals surface area contributed by atoms with Gasteiger partial charge in [0.1, 0.15) is 5.76 Å². The Morgan fingerprint density at radius 2 is 1.38 bits per heavy atom. The van der Waals surface area contributed by atoms with Crippen LogP contribution < -0.4 is 0 Å². The predicted molar refractivity (Wildman–Crippen MR) is 92.5 cm³/mol. The van der Waals surface area contributed by atoms with Crippen molar-refractivity contribution in [1.29, 1.82) is 0 Å². The van der Waals surface area contributed by atoms with Crippen LogP contribution in [0.15, 0.2) is 48.5 Å². The maximum atomic E-state index is 14.8. The lowest BCUT2D eigenvalue weighted by molar-refractivity contribution is 0.390. The van der Waals surface area contributed by atoms with E-state index in [0.717, 1.165) is 0 Å². The van der Waals surface area contributed by atoms with E-state index in [9.17, 15) is 4.39 Å². The van der Waals surface area contributed by atoms with Gasteiger partial charge in [0, 0.05) is 5.56 Å². The molecule has 0 fully saturated rings. The zero-order valence-corrected chi connectivity index (χ0v) is 15.8. The summed E-state index contributed by atoms with van der Waals surface area (Å²) in [5.74, 6) is -0.213. The number of rotatable bonds is 6. The molecule has 5 heteroatoms. The molecule has 0 amide bonds. The Morgan fingerprint density at radius 3 is 1.81 bits per heavy atom. The molecule has 1 aromatic rings. The Morgan fingerprint density at radius 1 is 0.905 bits per heavy atom. The lowest BCUT2D eigenvalue weighted by Crippen LogP contribution is -2.27. The van der Waals surface area contributed by atoms with Crippen molar-refractivity contribution in [1.82, 2.24) is 0 Å². The molecule has 0 N–H and O–H groups in total. The molecule has 116 valence electrons. The summed E-state index contributed by atoms with van der Waals surface area (Å²) in [6.07, 6.45) is 0. The summed E-state index contributed by atoms with van der Waals surface area (Å²) in [5.41, 5.74) is 0.706. The van der Waals surface area contributed by atoms with Gasteiger partial charge in [-0.15, -0.1) is 0 Å². The molecule has 1 aromatic carbocycles. The first-order valence-electron chi connectivity index (χ1n) is 7.02. The Balaban J connectivity index is 3.22. The smallest absolute Gasteiger partial charge is 0.242 e. The molecule has 0 aromatic heterocycles. The lowest BCUT2D eigenvalue weighted by Gasteiger charge is -2.25. The van der Waals surface area contributed by atoms with Crippen LogP contribution in [0.4, 0.5) is 4.39 Å². The maximum absolute atomic E-state index is 14.8. The van der Waals surface area contributed by atoms with Gasteiger partial charge in [-0.1, -0.05) is 36.9 Å². The first-order valence-corrected chi connectivity index (χ1v) is 13.8. The van der Waals surface area contributed by atoms with Crippen molar-refractivity contribution in [2.75, 3.05) is 0 Å². The van der Waals surface area contributed by atoms with E-state index >= 15 is 0 Å². The fourth-order valence-electron chi connectivity index (χ4n) is 1.67. The molecular weight excluding hydrogens is 299 g/mol. The highest BCUT2D eigenvalue weighted by molar-refractivity contribution is 6.70. The van der Waals surface area contributed by atoms with E-state index < -0.39 is 22.5 Å². The van der Waals surface area contributed by atoms with Crippen molar-refractivity contribution >= 4 is 22.4 Å². The first-order chi connectivity index (χ1) is 9.49. The fourth-order valence-corrected chi connectivity index (χ4v) is 3.32. The lowest BCUT2D eigenvalue weighted by atomic mass is 10.1. The maximum Gasteiger partial charge on any atom is 0.242 e. The highest BCUT2D eigenvalue weighted by Crippen LogP contribution is 2.30. The molecule has 0 saturated heterocycles. The second-order valence-electron chi connectivity index (χ2n) is 6.86. The third-order valence-corrected chi connectivity index (χ3v) is 3.99. The monoisotopic (exact) mass is 324 g/mol. The Hall–Kier alpha value is -1.34. The van der Waals surface area contributed by atoms with Crippen LogP contribution in [0.5, 0.6) is 0 Å². The quantitative estimate of drug-likeness (QED) is 0.388. The molecular formula is C16H25FO2Si2. The summed E-state index contributed by atoms with van der Waals surface area (Å²) < 4.78 is 26.4. The van der Waals surface area contributed by atoms with Crippen LogP contribution in [0.25, 0.3) is 5.76 Å². The highest BCUT2D eigenvalue weighted by Gasteiger charge is 2.25. The predicted octanol–water partition coefficient (Wildman–Crippen LogP) is 5.54. The van der Waals surface area contributed by atoms with Crippen LogP contribution in [-0.2, 0) is 8.85 Å². The minimum absolute atomic E-state index is 0.0614. The van der Waals surface area contributed by atoms with Crippen LogP contribution in [0.3, 0.4) is 0 Å². The molecule has 1 rings (SSSR count). The molecule has 0 unspecified atom stereocenters. The van der Waals surface area contributed by atoms with Crippen molar-refractivity contribution in [2.45, 2.75) is 39.3 Å². The third kappa shape index (κ3) is 6.31.